The first-order valence-corrected chi connectivity index (χ1v) is 7.45. The highest BCUT2D eigenvalue weighted by molar-refractivity contribution is 5.97. The second kappa shape index (κ2) is 9.30. The molecule has 1 aromatic rings. The highest BCUT2D eigenvalue weighted by Gasteiger charge is 2.23. The number of nitrogens with one attached hydrogen (secondary N) is 3. The van der Waals surface area contributed by atoms with Crippen molar-refractivity contribution in [1.82, 2.24) is 10.3 Å². The number of quaternary nitrogens is 1. The average Bonchev–Trinajstić information content (AvgIpc) is 3.02. The molecular weight excluding hydrogens is 316 g/mol. The number of hydrogen-bond acceptors (Lipinski definition) is 4. The zero-order chi connectivity index (χ0) is 18.1. The molecule has 0 aliphatic rings. The molecule has 1 rings (SSSR count). The van der Waals surface area contributed by atoms with Crippen molar-refractivity contribution in [1.29, 1.82) is 0 Å². The van der Waals surface area contributed by atoms with Crippen molar-refractivity contribution in [3.8, 4) is 0 Å². The van der Waals surface area contributed by atoms with E-state index in [-0.39, 0.29) is 17.3 Å². The fraction of sp³-hybridized carbons (Fsp3) is 0.429. The van der Waals surface area contributed by atoms with E-state index in [9.17, 15) is 14.4 Å². The number of aromatic amines is 1. The van der Waals surface area contributed by atoms with Crippen LogP contribution >= 0.6 is 0 Å². The van der Waals surface area contributed by atoms with Gasteiger partial charge in [0.15, 0.2) is 0 Å². The van der Waals surface area contributed by atoms with Gasteiger partial charge in [0.2, 0.25) is 0 Å². The molecule has 0 unspecified atom stereocenters. The molecule has 0 bridgehead atoms. The topological polar surface area (TPSA) is 182 Å². The number of guanidine groups is 1. The monoisotopic (exact) mass is 340 g/mol. The second-order valence-corrected chi connectivity index (χ2v) is 5.09. The van der Waals surface area contributed by atoms with Crippen molar-refractivity contribution in [2.45, 2.75) is 25.3 Å². The first kappa shape index (κ1) is 19.2. The number of esters is 1. The molecule has 0 saturated heterocycles. The summed E-state index contributed by atoms with van der Waals surface area (Å²) >= 11 is 0. The maximum atomic E-state index is 12.2. The Kier molecular flexibility index (Phi) is 7.43. The Morgan fingerprint density at radius 2 is 1.96 bits per heavy atom. The first-order chi connectivity index (χ1) is 11.4. The van der Waals surface area contributed by atoms with Crippen molar-refractivity contribution < 1.29 is 29.8 Å². The Labute approximate surface area is 138 Å². The molecule has 0 aliphatic heterocycles. The van der Waals surface area contributed by atoms with Gasteiger partial charge >= 0.3 is 17.8 Å². The lowest BCUT2D eigenvalue weighted by Crippen LogP contribution is -2.81. The molecule has 10 N–H and O–H groups in total. The molecule has 1 heterocycles. The van der Waals surface area contributed by atoms with Crippen LogP contribution in [-0.4, -0.2) is 48.4 Å². The highest BCUT2D eigenvalue weighted by Crippen LogP contribution is 2.06. The standard InChI is InChI=1S/C14H22N6O4/c1-24-13(23)10(4-2-3-7-15)19-11(21)8-5-6-9(18-8)12(22)20-14(16)17/h5-6,10,18H,2-4,7,15H2,1H3,(H,19,21)(H4,16,17,20,22)/p+2/t10-/m0/s1. The summed E-state index contributed by atoms with van der Waals surface area (Å²) in [5.41, 5.74) is 14.3. The lowest BCUT2D eigenvalue weighted by molar-refractivity contribution is -0.368. The number of ether oxygens (including phenoxy) is 1. The molecular formula is C14H24N6O4+2. The highest BCUT2D eigenvalue weighted by atomic mass is 16.5. The van der Waals surface area contributed by atoms with Gasteiger partial charge in [0.05, 0.1) is 13.7 Å². The molecule has 0 aromatic carbocycles. The van der Waals surface area contributed by atoms with Crippen LogP contribution < -0.4 is 27.5 Å². The first-order valence-electron chi connectivity index (χ1n) is 7.45. The zero-order valence-corrected chi connectivity index (χ0v) is 13.6. The van der Waals surface area contributed by atoms with E-state index in [0.29, 0.717) is 6.42 Å². The summed E-state index contributed by atoms with van der Waals surface area (Å²) in [4.78, 5) is 40.5. The molecule has 1 atom stereocenters. The van der Waals surface area contributed by atoms with Crippen molar-refractivity contribution >= 4 is 23.7 Å². The van der Waals surface area contributed by atoms with Gasteiger partial charge in [-0.05, 0) is 31.4 Å². The van der Waals surface area contributed by atoms with Crippen molar-refractivity contribution in [3.05, 3.63) is 23.5 Å². The number of aromatic nitrogens is 1. The van der Waals surface area contributed by atoms with Crippen molar-refractivity contribution in [2.24, 2.45) is 11.5 Å². The lowest BCUT2D eigenvalue weighted by atomic mass is 10.1. The van der Waals surface area contributed by atoms with E-state index >= 15 is 0 Å². The van der Waals surface area contributed by atoms with Gasteiger partial charge in [0.1, 0.15) is 17.4 Å². The Balaban J connectivity index is 2.77. The van der Waals surface area contributed by atoms with E-state index in [0.717, 1.165) is 19.4 Å². The number of unbranched alkanes of at least 4 members (excludes halogenated alkanes) is 1. The van der Waals surface area contributed by atoms with Gasteiger partial charge < -0.3 is 20.8 Å². The zero-order valence-electron chi connectivity index (χ0n) is 13.6. The summed E-state index contributed by atoms with van der Waals surface area (Å²) in [5.74, 6) is -1.88. The summed E-state index contributed by atoms with van der Waals surface area (Å²) in [6, 6.07) is 2.06. The van der Waals surface area contributed by atoms with Gasteiger partial charge in [-0.15, -0.1) is 0 Å². The van der Waals surface area contributed by atoms with Crippen LogP contribution in [0.2, 0.25) is 0 Å². The summed E-state index contributed by atoms with van der Waals surface area (Å²) < 4.78 is 4.69. The average molecular weight is 340 g/mol. The number of rotatable bonds is 8. The Hall–Kier alpha value is -2.88. The normalized spacial score (nSPS) is 11.4. The van der Waals surface area contributed by atoms with E-state index in [1.165, 1.54) is 19.2 Å². The van der Waals surface area contributed by atoms with Gasteiger partial charge in [-0.3, -0.25) is 16.3 Å². The van der Waals surface area contributed by atoms with Gasteiger partial charge in [0, 0.05) is 0 Å². The van der Waals surface area contributed by atoms with Crippen LogP contribution in [0.3, 0.4) is 0 Å². The molecule has 0 radical (unpaired) electrons. The molecule has 0 saturated carbocycles. The minimum atomic E-state index is -0.761. The summed E-state index contributed by atoms with van der Waals surface area (Å²) in [6.07, 6.45) is 2.02. The fourth-order valence-electron chi connectivity index (χ4n) is 2.01. The van der Waals surface area contributed by atoms with E-state index in [2.05, 4.69) is 21.0 Å². The fourth-order valence-corrected chi connectivity index (χ4v) is 2.01. The van der Waals surface area contributed by atoms with E-state index in [1.807, 2.05) is 0 Å². The molecule has 0 spiro atoms. The molecule has 10 heteroatoms. The molecule has 0 aliphatic carbocycles. The maximum Gasteiger partial charge on any atom is 0.346 e. The number of methoxy groups -OCH3 is 1. The number of hydrogen-bond donors (Lipinski definition) is 6. The van der Waals surface area contributed by atoms with E-state index in [1.54, 1.807) is 0 Å². The SMILES string of the molecule is COC(=O)[C@H](CCCC[NH3+])NC(=O)c1ccc(C(=O)[NH+]=C(N)N)[nH]1. The van der Waals surface area contributed by atoms with Gasteiger partial charge in [-0.1, -0.05) is 0 Å². The minimum absolute atomic E-state index is 0.111. The van der Waals surface area contributed by atoms with Gasteiger partial charge in [-0.25, -0.2) is 14.6 Å². The lowest BCUT2D eigenvalue weighted by Gasteiger charge is -2.15. The number of carbonyl (C=O) groups is 3. The predicted molar refractivity (Wildman–Crippen MR) is 84.3 cm³/mol. The van der Waals surface area contributed by atoms with Crippen LogP contribution in [0.5, 0.6) is 0 Å². The molecule has 10 nitrogen and oxygen atoms in total. The Bertz CT molecular complexity index is 621. The summed E-state index contributed by atoms with van der Waals surface area (Å²) in [6.45, 7) is 0.748. The number of nitrogens with two attached hydrogens (primary N) is 2. The molecule has 0 fully saturated rings. The molecule has 2 amide bonds. The Morgan fingerprint density at radius 3 is 2.54 bits per heavy atom. The number of amides is 2. The second-order valence-electron chi connectivity index (χ2n) is 5.09. The number of H-pyrrole nitrogens is 1. The van der Waals surface area contributed by atoms with Gasteiger partial charge in [0.25, 0.3) is 5.91 Å². The van der Waals surface area contributed by atoms with Gasteiger partial charge in [-0.2, -0.15) is 0 Å². The largest absolute Gasteiger partial charge is 0.467 e. The minimum Gasteiger partial charge on any atom is -0.467 e. The van der Waals surface area contributed by atoms with E-state index in [4.69, 9.17) is 16.2 Å². The summed E-state index contributed by atoms with van der Waals surface area (Å²) in [7, 11) is 1.26. The predicted octanol–water partition coefficient (Wildman–Crippen LogP) is -3.81. The maximum absolute atomic E-state index is 12.2. The van der Waals surface area contributed by atoms with Crippen LogP contribution in [0.4, 0.5) is 0 Å². The Morgan fingerprint density at radius 1 is 1.29 bits per heavy atom. The van der Waals surface area contributed by atoms with Crippen molar-refractivity contribution in [2.75, 3.05) is 13.7 Å². The van der Waals surface area contributed by atoms with Crippen LogP contribution in [-0.2, 0) is 9.53 Å². The molecule has 24 heavy (non-hydrogen) atoms. The molecule has 132 valence electrons. The van der Waals surface area contributed by atoms with E-state index < -0.39 is 23.8 Å². The van der Waals surface area contributed by atoms with Crippen LogP contribution in [0.25, 0.3) is 0 Å². The molecule has 1 aromatic heterocycles. The van der Waals surface area contributed by atoms with Crippen LogP contribution in [0.1, 0.15) is 40.2 Å². The third kappa shape index (κ3) is 5.72. The third-order valence-corrected chi connectivity index (χ3v) is 3.22. The third-order valence-electron chi connectivity index (χ3n) is 3.22. The quantitative estimate of drug-likeness (QED) is 0.122. The van der Waals surface area contributed by atoms with Crippen LogP contribution in [0.15, 0.2) is 12.1 Å². The van der Waals surface area contributed by atoms with Crippen molar-refractivity contribution in [3.63, 3.8) is 0 Å². The number of carbonyl (C=O) groups excluding carboxylic acids is 3. The van der Waals surface area contributed by atoms with Crippen LogP contribution in [0, 0.1) is 0 Å². The summed E-state index contributed by atoms with van der Waals surface area (Å²) in [5, 5.41) is 2.58. The smallest absolute Gasteiger partial charge is 0.346 e.